The molecule has 0 saturated carbocycles. The normalized spacial score (nSPS) is 18.8. The minimum atomic E-state index is -2.94. The Morgan fingerprint density at radius 2 is 1.50 bits per heavy atom. The van der Waals surface area contributed by atoms with Crippen LogP contribution < -0.4 is 21.6 Å². The smallest absolute Gasteiger partial charge is 0.330 e. The van der Waals surface area contributed by atoms with Crippen LogP contribution in [0.5, 0.6) is 0 Å². The summed E-state index contributed by atoms with van der Waals surface area (Å²) < 4.78 is 25.6. The number of hydrogen-bond donors (Lipinski definition) is 1. The topological polar surface area (TPSA) is 126 Å². The highest BCUT2D eigenvalue weighted by Crippen LogP contribution is 2.42. The monoisotopic (exact) mass is 734 g/mol. The Balaban J connectivity index is 1.78. The summed E-state index contributed by atoms with van der Waals surface area (Å²) in [6.07, 6.45) is -0.0974. The molecule has 10 nitrogen and oxygen atoms in total. The quantitative estimate of drug-likeness (QED) is 0.138. The fourth-order valence-electron chi connectivity index (χ4n) is 5.99. The number of rotatable bonds is 11. The van der Waals surface area contributed by atoms with Crippen molar-refractivity contribution >= 4 is 53.2 Å². The number of esters is 2. The lowest BCUT2D eigenvalue weighted by Crippen LogP contribution is -2.67. The molecule has 4 rings (SSSR count). The second-order valence-electron chi connectivity index (χ2n) is 11.6. The van der Waals surface area contributed by atoms with Crippen molar-refractivity contribution in [3.63, 3.8) is 0 Å². The summed E-state index contributed by atoms with van der Waals surface area (Å²) in [6.45, 7) is 10.1. The van der Waals surface area contributed by atoms with Gasteiger partial charge in [0, 0.05) is 12.1 Å². The first-order chi connectivity index (χ1) is 20.9. The number of ether oxygens (including phenoxy) is 3. The van der Waals surface area contributed by atoms with Gasteiger partial charge < -0.3 is 18.6 Å². The molecule has 44 heavy (non-hydrogen) atoms. The van der Waals surface area contributed by atoms with Crippen LogP contribution in [0.2, 0.25) is 5.04 Å². The third-order valence-electron chi connectivity index (χ3n) is 7.84. The lowest BCUT2D eigenvalue weighted by Gasteiger charge is -2.43. The maximum atomic E-state index is 13.2. The van der Waals surface area contributed by atoms with Crippen molar-refractivity contribution in [1.82, 2.24) is 9.55 Å². The fourth-order valence-corrected chi connectivity index (χ4v) is 11.0. The molecule has 3 aromatic rings. The molecule has 0 radical (unpaired) electrons. The van der Waals surface area contributed by atoms with E-state index in [1.54, 1.807) is 13.8 Å². The number of H-pyrrole nitrogens is 1. The van der Waals surface area contributed by atoms with Crippen molar-refractivity contribution in [3.8, 4) is 0 Å². The Morgan fingerprint density at radius 1 is 0.977 bits per heavy atom. The Kier molecular flexibility index (Phi) is 11.0. The molecule has 3 atom stereocenters. The number of nitrogens with one attached hydrogen (secondary N) is 1. The molecule has 1 aromatic heterocycles. The van der Waals surface area contributed by atoms with Crippen molar-refractivity contribution in [1.29, 1.82) is 0 Å². The molecule has 0 unspecified atom stereocenters. The van der Waals surface area contributed by atoms with Gasteiger partial charge >= 0.3 is 17.6 Å². The second-order valence-corrected chi connectivity index (χ2v) is 17.1. The highest BCUT2D eigenvalue weighted by Gasteiger charge is 2.53. The van der Waals surface area contributed by atoms with E-state index in [0.717, 1.165) is 10.4 Å². The molecule has 1 saturated heterocycles. The van der Waals surface area contributed by atoms with Gasteiger partial charge in [-0.15, -0.1) is 0 Å². The predicted molar refractivity (Wildman–Crippen MR) is 176 cm³/mol. The number of halogens is 1. The van der Waals surface area contributed by atoms with Crippen molar-refractivity contribution < 1.29 is 28.2 Å². The van der Waals surface area contributed by atoms with Gasteiger partial charge in [0.1, 0.15) is 6.23 Å². The zero-order chi connectivity index (χ0) is 32.1. The van der Waals surface area contributed by atoms with Gasteiger partial charge in [0.2, 0.25) is 0 Å². The number of aromatic amines is 1. The Morgan fingerprint density at radius 3 is 1.98 bits per heavy atom. The highest BCUT2D eigenvalue weighted by atomic mass is 127. The largest absolute Gasteiger partial charge is 0.465 e. The van der Waals surface area contributed by atoms with E-state index in [1.807, 2.05) is 59.0 Å². The van der Waals surface area contributed by atoms with Crippen LogP contribution >= 0.6 is 22.6 Å². The maximum Gasteiger partial charge on any atom is 0.330 e. The average molecular weight is 735 g/mol. The number of benzene rings is 2. The lowest BCUT2D eigenvalue weighted by molar-refractivity contribution is -0.167. The molecule has 2 heterocycles. The number of aromatic nitrogens is 2. The van der Waals surface area contributed by atoms with Crippen LogP contribution in [-0.2, 0) is 28.2 Å². The molecule has 1 N–H and O–H groups in total. The summed E-state index contributed by atoms with van der Waals surface area (Å²) in [5, 5.41) is 1.89. The van der Waals surface area contributed by atoms with Crippen LogP contribution in [0.25, 0.3) is 0 Å². The molecule has 1 aliphatic rings. The standard InChI is InChI=1S/C32H39IN2O8Si/c1-6-40-29(37)26(30(38)41-7-2)24-18-21(43-28(24)35-19-25(33)27(36)34-31(35)39)20-42-44(32(3,4)5,22-14-10-8-11-15-22)23-16-12-9-13-17-23/h8-17,19,21,24,26,28H,6-7,18,20H2,1-5H3,(H,34,36,39)/t21-,24+,28+/m0/s1. The first-order valence-electron chi connectivity index (χ1n) is 14.7. The van der Waals surface area contributed by atoms with Crippen LogP contribution in [-0.4, -0.2) is 55.7 Å². The van der Waals surface area contributed by atoms with Crippen molar-refractivity contribution in [2.24, 2.45) is 11.8 Å². The maximum absolute atomic E-state index is 13.2. The molecular weight excluding hydrogens is 695 g/mol. The molecule has 2 aromatic carbocycles. The summed E-state index contributed by atoms with van der Waals surface area (Å²) in [5.41, 5.74) is -1.26. The van der Waals surface area contributed by atoms with Crippen molar-refractivity contribution in [2.45, 2.75) is 58.4 Å². The highest BCUT2D eigenvalue weighted by molar-refractivity contribution is 14.1. The van der Waals surface area contributed by atoms with Crippen molar-refractivity contribution in [2.75, 3.05) is 19.8 Å². The van der Waals surface area contributed by atoms with Crippen LogP contribution in [0, 0.1) is 15.4 Å². The van der Waals surface area contributed by atoms with Gasteiger partial charge in [-0.05, 0) is 58.3 Å². The van der Waals surface area contributed by atoms with E-state index in [2.05, 4.69) is 50.0 Å². The first kappa shape index (κ1) is 33.8. The molecule has 236 valence electrons. The fraction of sp³-hybridized carbons (Fsp3) is 0.438. The number of carbonyl (C=O) groups excluding carboxylic acids is 2. The third kappa shape index (κ3) is 6.92. The molecular formula is C32H39IN2O8Si. The van der Waals surface area contributed by atoms with Crippen LogP contribution in [0.4, 0.5) is 0 Å². The summed E-state index contributed by atoms with van der Waals surface area (Å²) >= 11 is 1.82. The molecule has 0 spiro atoms. The minimum absolute atomic E-state index is 0.0594. The number of hydrogen-bond acceptors (Lipinski definition) is 8. The zero-order valence-corrected chi connectivity index (χ0v) is 28.7. The first-order valence-corrected chi connectivity index (χ1v) is 17.7. The van der Waals surface area contributed by atoms with E-state index in [1.165, 1.54) is 10.8 Å². The van der Waals surface area contributed by atoms with E-state index < -0.39 is 55.7 Å². The van der Waals surface area contributed by atoms with Crippen molar-refractivity contribution in [3.05, 3.63) is 91.3 Å². The van der Waals surface area contributed by atoms with Crippen LogP contribution in [0.15, 0.2) is 76.4 Å². The lowest BCUT2D eigenvalue weighted by atomic mass is 9.87. The van der Waals surface area contributed by atoms with Gasteiger partial charge in [0.25, 0.3) is 13.9 Å². The Labute approximate surface area is 271 Å². The van der Waals surface area contributed by atoms with E-state index in [4.69, 9.17) is 18.6 Å². The Bertz CT molecular complexity index is 1500. The SMILES string of the molecule is CCOC(=O)C(C(=O)OCC)[C@H]1C[C@@H](CO[Si](c2ccccc2)(c2ccccc2)C(C)(C)C)O[C@H]1n1cc(I)c(=O)[nH]c1=O. The zero-order valence-electron chi connectivity index (χ0n) is 25.6. The minimum Gasteiger partial charge on any atom is -0.465 e. The predicted octanol–water partition coefficient (Wildman–Crippen LogP) is 3.36. The van der Waals surface area contributed by atoms with Gasteiger partial charge in [0.05, 0.1) is 29.5 Å². The van der Waals surface area contributed by atoms with E-state index in [9.17, 15) is 19.2 Å². The molecule has 0 amide bonds. The summed E-state index contributed by atoms with van der Waals surface area (Å²) in [5.74, 6) is -3.70. The Hall–Kier alpha value is -3.07. The molecule has 12 heteroatoms. The number of carbonyl (C=O) groups is 2. The van der Waals surface area contributed by atoms with Gasteiger partial charge in [-0.1, -0.05) is 81.4 Å². The van der Waals surface area contributed by atoms with E-state index >= 15 is 0 Å². The molecule has 1 aliphatic heterocycles. The van der Waals surface area contributed by atoms with Gasteiger partial charge in [-0.25, -0.2) is 4.79 Å². The van der Waals surface area contributed by atoms with Crippen LogP contribution in [0.3, 0.4) is 0 Å². The second kappa shape index (κ2) is 14.4. The summed E-state index contributed by atoms with van der Waals surface area (Å²) in [6, 6.07) is 20.3. The average Bonchev–Trinajstić information content (AvgIpc) is 3.39. The van der Waals surface area contributed by atoms with E-state index in [0.29, 0.717) is 0 Å². The summed E-state index contributed by atoms with van der Waals surface area (Å²) in [7, 11) is -2.94. The molecule has 0 aliphatic carbocycles. The molecule has 0 bridgehead atoms. The molecule has 1 fully saturated rings. The van der Waals surface area contributed by atoms with Gasteiger partial charge in [-0.3, -0.25) is 23.9 Å². The number of nitrogens with zero attached hydrogens (tertiary/aromatic N) is 1. The van der Waals surface area contributed by atoms with Gasteiger partial charge in [0.15, 0.2) is 5.92 Å². The third-order valence-corrected chi connectivity index (χ3v) is 13.6. The van der Waals surface area contributed by atoms with E-state index in [-0.39, 0.29) is 34.8 Å². The summed E-state index contributed by atoms with van der Waals surface area (Å²) in [4.78, 5) is 53.9. The van der Waals surface area contributed by atoms with Gasteiger partial charge in [-0.2, -0.15) is 0 Å². The van der Waals surface area contributed by atoms with Crippen LogP contribution in [0.1, 0.15) is 47.3 Å².